The highest BCUT2D eigenvalue weighted by atomic mass is 79.9. The van der Waals surface area contributed by atoms with Crippen LogP contribution in [0.2, 0.25) is 5.15 Å². The van der Waals surface area contributed by atoms with Gasteiger partial charge in [0.1, 0.15) is 5.60 Å². The molecule has 1 amide bonds. The smallest absolute Gasteiger partial charge is 0.414 e. The largest absolute Gasteiger partial charge is 0.443 e. The maximum atomic E-state index is 11.8. The van der Waals surface area contributed by atoms with Crippen LogP contribution in [-0.2, 0) is 4.74 Å². The first-order valence-corrected chi connectivity index (χ1v) is 6.15. The number of carbonyl (C=O) groups is 1. The number of amides is 1. The molecule has 0 fully saturated rings. The van der Waals surface area contributed by atoms with Gasteiger partial charge in [-0.2, -0.15) is 0 Å². The van der Waals surface area contributed by atoms with Gasteiger partial charge in [0.15, 0.2) is 5.15 Å². The molecule has 0 aromatic carbocycles. The van der Waals surface area contributed by atoms with Gasteiger partial charge in [0.2, 0.25) is 0 Å². The van der Waals surface area contributed by atoms with E-state index in [1.54, 1.807) is 40.1 Å². The molecule has 1 rings (SSSR count). The van der Waals surface area contributed by atoms with Gasteiger partial charge in [-0.05, 0) is 42.8 Å². The molecule has 0 bridgehead atoms. The van der Waals surface area contributed by atoms with E-state index in [1.165, 1.54) is 4.90 Å². The Kier molecular flexibility index (Phi) is 4.38. The number of carbonyl (C=O) groups excluding carboxylic acids is 1. The van der Waals surface area contributed by atoms with Crippen LogP contribution in [0, 0.1) is 0 Å². The highest BCUT2D eigenvalue weighted by Crippen LogP contribution is 2.27. The van der Waals surface area contributed by atoms with E-state index in [2.05, 4.69) is 20.9 Å². The van der Waals surface area contributed by atoms with Gasteiger partial charge in [-0.25, -0.2) is 9.78 Å². The number of hydrogen-bond donors (Lipinski definition) is 0. The average molecular weight is 322 g/mol. The van der Waals surface area contributed by atoms with Crippen LogP contribution in [0.5, 0.6) is 0 Å². The molecule has 0 radical (unpaired) electrons. The number of nitrogens with zero attached hydrogens (tertiary/aromatic N) is 2. The van der Waals surface area contributed by atoms with E-state index in [1.807, 2.05) is 0 Å². The Morgan fingerprint density at radius 1 is 1.53 bits per heavy atom. The normalized spacial score (nSPS) is 11.2. The minimum Gasteiger partial charge on any atom is -0.443 e. The van der Waals surface area contributed by atoms with Crippen molar-refractivity contribution in [3.63, 3.8) is 0 Å². The summed E-state index contributed by atoms with van der Waals surface area (Å²) >= 11 is 9.20. The van der Waals surface area contributed by atoms with Gasteiger partial charge in [-0.3, -0.25) is 4.90 Å². The van der Waals surface area contributed by atoms with E-state index >= 15 is 0 Å². The minimum absolute atomic E-state index is 0.251. The lowest BCUT2D eigenvalue weighted by Crippen LogP contribution is -2.34. The molecule has 0 aliphatic rings. The van der Waals surface area contributed by atoms with Gasteiger partial charge in [-0.15, -0.1) is 0 Å². The molecule has 0 N–H and O–H groups in total. The predicted molar refractivity (Wildman–Crippen MR) is 71.6 cm³/mol. The second-order valence-corrected chi connectivity index (χ2v) is 5.78. The van der Waals surface area contributed by atoms with Crippen LogP contribution >= 0.6 is 27.5 Å². The Balaban J connectivity index is 2.92. The van der Waals surface area contributed by atoms with E-state index in [4.69, 9.17) is 16.3 Å². The molecule has 0 spiro atoms. The summed E-state index contributed by atoms with van der Waals surface area (Å²) in [5.74, 6) is 0. The van der Waals surface area contributed by atoms with Crippen molar-refractivity contribution in [3.8, 4) is 0 Å². The first-order valence-electron chi connectivity index (χ1n) is 4.98. The average Bonchev–Trinajstić information content (AvgIpc) is 2.18. The van der Waals surface area contributed by atoms with Gasteiger partial charge in [0.25, 0.3) is 0 Å². The molecular formula is C11H14BrClN2O2. The quantitative estimate of drug-likeness (QED) is 0.737. The van der Waals surface area contributed by atoms with Crippen LogP contribution in [-0.4, -0.2) is 23.7 Å². The summed E-state index contributed by atoms with van der Waals surface area (Å²) < 4.78 is 5.98. The summed E-state index contributed by atoms with van der Waals surface area (Å²) in [4.78, 5) is 17.1. The number of rotatable bonds is 1. The molecule has 94 valence electrons. The van der Waals surface area contributed by atoms with Gasteiger partial charge >= 0.3 is 6.09 Å². The minimum atomic E-state index is -0.544. The lowest BCUT2D eigenvalue weighted by Gasteiger charge is -2.25. The van der Waals surface area contributed by atoms with Crippen molar-refractivity contribution in [1.82, 2.24) is 4.98 Å². The van der Waals surface area contributed by atoms with Crippen molar-refractivity contribution in [1.29, 1.82) is 0 Å². The molecule has 1 heterocycles. The van der Waals surface area contributed by atoms with E-state index in [0.29, 0.717) is 5.69 Å². The zero-order valence-corrected chi connectivity index (χ0v) is 12.5. The number of ether oxygens (including phenoxy) is 1. The molecule has 0 saturated carbocycles. The second kappa shape index (κ2) is 5.23. The first kappa shape index (κ1) is 14.3. The topological polar surface area (TPSA) is 42.4 Å². The Hall–Kier alpha value is -0.810. The summed E-state index contributed by atoms with van der Waals surface area (Å²) in [5, 5.41) is 0.251. The van der Waals surface area contributed by atoms with Crippen molar-refractivity contribution in [3.05, 3.63) is 21.9 Å². The number of hydrogen-bond acceptors (Lipinski definition) is 3. The fraction of sp³-hybridized carbons (Fsp3) is 0.455. The van der Waals surface area contributed by atoms with Crippen LogP contribution in [0.3, 0.4) is 0 Å². The third-order valence-corrected chi connectivity index (χ3v) is 2.54. The second-order valence-electron chi connectivity index (χ2n) is 4.50. The van der Waals surface area contributed by atoms with Crippen LogP contribution in [0.15, 0.2) is 16.7 Å². The van der Waals surface area contributed by atoms with Crippen molar-refractivity contribution >= 4 is 39.3 Å². The zero-order valence-electron chi connectivity index (χ0n) is 10.1. The molecule has 6 heteroatoms. The van der Waals surface area contributed by atoms with E-state index in [9.17, 15) is 4.79 Å². The van der Waals surface area contributed by atoms with Crippen LogP contribution in [0.1, 0.15) is 20.8 Å². The molecule has 0 aliphatic heterocycles. The summed E-state index contributed by atoms with van der Waals surface area (Å²) in [6.07, 6.45) is 1.09. The van der Waals surface area contributed by atoms with Gasteiger partial charge < -0.3 is 4.74 Å². The first-order chi connectivity index (χ1) is 7.70. The SMILES string of the molecule is CN(C(=O)OC(C)(C)C)c1cc(Br)cnc1Cl. The lowest BCUT2D eigenvalue weighted by molar-refractivity contribution is 0.0589. The maximum absolute atomic E-state index is 11.8. The number of anilines is 1. The molecule has 0 atom stereocenters. The molecular weight excluding hydrogens is 307 g/mol. The van der Waals surface area contributed by atoms with Crippen molar-refractivity contribution in [2.45, 2.75) is 26.4 Å². The Labute approximate surface area is 114 Å². The van der Waals surface area contributed by atoms with Crippen molar-refractivity contribution in [2.75, 3.05) is 11.9 Å². The van der Waals surface area contributed by atoms with Crippen LogP contribution in [0.4, 0.5) is 10.5 Å². The molecule has 0 aliphatic carbocycles. The van der Waals surface area contributed by atoms with E-state index in [0.717, 1.165) is 4.47 Å². The summed E-state index contributed by atoms with van der Waals surface area (Å²) in [6, 6.07) is 1.71. The number of aromatic nitrogens is 1. The van der Waals surface area contributed by atoms with Crippen LogP contribution in [0.25, 0.3) is 0 Å². The molecule has 17 heavy (non-hydrogen) atoms. The van der Waals surface area contributed by atoms with E-state index < -0.39 is 11.7 Å². The predicted octanol–water partition coefficient (Wildman–Crippen LogP) is 3.87. The monoisotopic (exact) mass is 320 g/mol. The van der Waals surface area contributed by atoms with Crippen molar-refractivity contribution < 1.29 is 9.53 Å². The highest BCUT2D eigenvalue weighted by Gasteiger charge is 2.22. The van der Waals surface area contributed by atoms with Gasteiger partial charge in [0.05, 0.1) is 5.69 Å². The van der Waals surface area contributed by atoms with Crippen LogP contribution < -0.4 is 4.90 Å². The number of pyridine rings is 1. The van der Waals surface area contributed by atoms with E-state index in [-0.39, 0.29) is 5.15 Å². The maximum Gasteiger partial charge on any atom is 0.414 e. The van der Waals surface area contributed by atoms with Gasteiger partial charge in [0, 0.05) is 17.7 Å². The highest BCUT2D eigenvalue weighted by molar-refractivity contribution is 9.10. The molecule has 0 unspecified atom stereocenters. The molecule has 0 saturated heterocycles. The third kappa shape index (κ3) is 4.16. The summed E-state index contributed by atoms with van der Waals surface area (Å²) in [6.45, 7) is 5.42. The fourth-order valence-electron chi connectivity index (χ4n) is 1.08. The summed E-state index contributed by atoms with van der Waals surface area (Å²) in [5.41, 5.74) is -0.0487. The van der Waals surface area contributed by atoms with Gasteiger partial charge in [-0.1, -0.05) is 11.6 Å². The molecule has 1 aromatic heterocycles. The Bertz CT molecular complexity index is 432. The molecule has 4 nitrogen and oxygen atoms in total. The summed E-state index contributed by atoms with van der Waals surface area (Å²) in [7, 11) is 1.59. The Morgan fingerprint density at radius 2 is 2.12 bits per heavy atom. The lowest BCUT2D eigenvalue weighted by atomic mass is 10.2. The number of halogens is 2. The fourth-order valence-corrected chi connectivity index (χ4v) is 1.63. The standard InChI is InChI=1S/C11H14BrClN2O2/c1-11(2,3)17-10(16)15(4)8-5-7(12)6-14-9(8)13/h5-6H,1-4H3. The Morgan fingerprint density at radius 3 is 2.65 bits per heavy atom. The third-order valence-electron chi connectivity index (χ3n) is 1.82. The molecule has 1 aromatic rings. The van der Waals surface area contributed by atoms with Crippen molar-refractivity contribution in [2.24, 2.45) is 0 Å². The zero-order chi connectivity index (χ0) is 13.2.